The molecular weight excluding hydrogens is 266 g/mol. The Morgan fingerprint density at radius 2 is 1.95 bits per heavy atom. The average molecular weight is 289 g/mol. The van der Waals surface area contributed by atoms with E-state index < -0.39 is 12.0 Å². The number of fused-ring (bicyclic) bond motifs is 1. The Labute approximate surface area is 125 Å². The lowest BCUT2D eigenvalue weighted by Crippen LogP contribution is -2.47. The zero-order valence-corrected chi connectivity index (χ0v) is 12.5. The topological polar surface area (TPSA) is 49.8 Å². The molecule has 1 aromatic rings. The van der Waals surface area contributed by atoms with Gasteiger partial charge in [0.1, 0.15) is 6.04 Å². The maximum atomic E-state index is 11.8. The first-order valence-electron chi connectivity index (χ1n) is 7.80. The third-order valence-corrected chi connectivity index (χ3v) is 5.00. The van der Waals surface area contributed by atoms with Crippen LogP contribution in [0.3, 0.4) is 0 Å². The third-order valence-electron chi connectivity index (χ3n) is 5.00. The van der Waals surface area contributed by atoms with Crippen molar-refractivity contribution >= 4 is 5.97 Å². The molecule has 1 aliphatic carbocycles. The summed E-state index contributed by atoms with van der Waals surface area (Å²) < 4.78 is 5.42. The highest BCUT2D eigenvalue weighted by molar-refractivity contribution is 5.76. The summed E-state index contributed by atoms with van der Waals surface area (Å²) in [4.78, 5) is 14.0. The summed E-state index contributed by atoms with van der Waals surface area (Å²) in [6, 6.07) is 7.85. The fourth-order valence-corrected chi connectivity index (χ4v) is 3.87. The molecule has 1 aliphatic heterocycles. The number of carboxylic acids is 1. The van der Waals surface area contributed by atoms with Crippen molar-refractivity contribution in [1.29, 1.82) is 0 Å². The van der Waals surface area contributed by atoms with Crippen molar-refractivity contribution in [1.82, 2.24) is 4.90 Å². The molecule has 114 valence electrons. The highest BCUT2D eigenvalue weighted by atomic mass is 16.5. The predicted octanol–water partition coefficient (Wildman–Crippen LogP) is 2.63. The maximum absolute atomic E-state index is 11.8. The number of ether oxygens (including phenoxy) is 1. The fourth-order valence-electron chi connectivity index (χ4n) is 3.87. The lowest BCUT2D eigenvalue weighted by Gasteiger charge is -2.42. The van der Waals surface area contributed by atoms with Crippen LogP contribution in [-0.2, 0) is 16.0 Å². The van der Waals surface area contributed by atoms with Crippen molar-refractivity contribution in [2.75, 3.05) is 13.7 Å². The highest BCUT2D eigenvalue weighted by Crippen LogP contribution is 2.35. The molecule has 1 fully saturated rings. The Morgan fingerprint density at radius 3 is 2.62 bits per heavy atom. The van der Waals surface area contributed by atoms with Crippen LogP contribution in [0.25, 0.3) is 0 Å². The lowest BCUT2D eigenvalue weighted by atomic mass is 9.86. The van der Waals surface area contributed by atoms with Gasteiger partial charge in [0.2, 0.25) is 0 Å². The molecule has 0 radical (unpaired) electrons. The second kappa shape index (κ2) is 6.16. The molecule has 0 spiro atoms. The van der Waals surface area contributed by atoms with Gasteiger partial charge in [-0.1, -0.05) is 24.3 Å². The van der Waals surface area contributed by atoms with E-state index in [1.807, 2.05) is 18.2 Å². The SMILES string of the molecule is COC1CCC(N2CCc3ccccc3C2C(=O)O)CC1. The van der Waals surface area contributed by atoms with Crippen LogP contribution in [-0.4, -0.2) is 41.8 Å². The first-order valence-corrected chi connectivity index (χ1v) is 7.80. The summed E-state index contributed by atoms with van der Waals surface area (Å²) in [7, 11) is 1.77. The molecule has 21 heavy (non-hydrogen) atoms. The smallest absolute Gasteiger partial charge is 0.325 e. The maximum Gasteiger partial charge on any atom is 0.325 e. The molecule has 1 unspecified atom stereocenters. The molecule has 4 nitrogen and oxygen atoms in total. The van der Waals surface area contributed by atoms with Gasteiger partial charge >= 0.3 is 5.97 Å². The van der Waals surface area contributed by atoms with Crippen molar-refractivity contribution < 1.29 is 14.6 Å². The summed E-state index contributed by atoms with van der Waals surface area (Å²) in [5, 5.41) is 9.72. The Hall–Kier alpha value is -1.39. The van der Waals surface area contributed by atoms with Gasteiger partial charge in [-0.15, -0.1) is 0 Å². The largest absolute Gasteiger partial charge is 0.480 e. The zero-order valence-electron chi connectivity index (χ0n) is 12.5. The van der Waals surface area contributed by atoms with Crippen LogP contribution >= 0.6 is 0 Å². The van der Waals surface area contributed by atoms with Gasteiger partial charge in [-0.2, -0.15) is 0 Å². The second-order valence-corrected chi connectivity index (χ2v) is 6.09. The van der Waals surface area contributed by atoms with E-state index in [1.165, 1.54) is 5.56 Å². The number of methoxy groups -OCH3 is 1. The minimum atomic E-state index is -0.726. The van der Waals surface area contributed by atoms with E-state index >= 15 is 0 Å². The number of benzene rings is 1. The van der Waals surface area contributed by atoms with E-state index in [4.69, 9.17) is 4.74 Å². The van der Waals surface area contributed by atoms with Gasteiger partial charge < -0.3 is 9.84 Å². The number of nitrogens with zero attached hydrogens (tertiary/aromatic N) is 1. The summed E-state index contributed by atoms with van der Waals surface area (Å²) in [6.45, 7) is 0.844. The van der Waals surface area contributed by atoms with Crippen LogP contribution < -0.4 is 0 Å². The van der Waals surface area contributed by atoms with Crippen LogP contribution in [0.5, 0.6) is 0 Å². The van der Waals surface area contributed by atoms with Crippen molar-refractivity contribution in [3.05, 3.63) is 35.4 Å². The highest BCUT2D eigenvalue weighted by Gasteiger charge is 2.38. The van der Waals surface area contributed by atoms with Gasteiger partial charge in [-0.25, -0.2) is 0 Å². The minimum absolute atomic E-state index is 0.349. The van der Waals surface area contributed by atoms with Gasteiger partial charge in [0.05, 0.1) is 6.10 Å². The summed E-state index contributed by atoms with van der Waals surface area (Å²) >= 11 is 0. The quantitative estimate of drug-likeness (QED) is 0.929. The van der Waals surface area contributed by atoms with E-state index in [0.717, 1.165) is 44.2 Å². The molecule has 4 heteroatoms. The second-order valence-electron chi connectivity index (χ2n) is 6.09. The predicted molar refractivity (Wildman–Crippen MR) is 80.3 cm³/mol. The van der Waals surface area contributed by atoms with Gasteiger partial charge in [0.25, 0.3) is 0 Å². The molecule has 0 aromatic heterocycles. The molecule has 1 N–H and O–H groups in total. The fraction of sp³-hybridized carbons (Fsp3) is 0.588. The van der Waals surface area contributed by atoms with E-state index in [0.29, 0.717) is 12.1 Å². The molecule has 1 saturated carbocycles. The first kappa shape index (κ1) is 14.5. The zero-order chi connectivity index (χ0) is 14.8. The van der Waals surface area contributed by atoms with Crippen LogP contribution in [0.1, 0.15) is 42.9 Å². The molecule has 0 bridgehead atoms. The molecule has 2 aliphatic rings. The molecule has 0 amide bonds. The van der Waals surface area contributed by atoms with Crippen LogP contribution in [0.4, 0.5) is 0 Å². The Balaban J connectivity index is 1.81. The Kier molecular flexibility index (Phi) is 4.27. The van der Waals surface area contributed by atoms with Crippen molar-refractivity contribution in [3.8, 4) is 0 Å². The molecule has 1 atom stereocenters. The van der Waals surface area contributed by atoms with Crippen LogP contribution in [0, 0.1) is 0 Å². The number of hydrogen-bond donors (Lipinski definition) is 1. The Morgan fingerprint density at radius 1 is 1.24 bits per heavy atom. The third kappa shape index (κ3) is 2.83. The molecule has 1 heterocycles. The number of hydrogen-bond acceptors (Lipinski definition) is 3. The van der Waals surface area contributed by atoms with Crippen molar-refractivity contribution in [3.63, 3.8) is 0 Å². The summed E-state index contributed by atoms with van der Waals surface area (Å²) in [5.74, 6) is -0.726. The number of aliphatic carboxylic acids is 1. The van der Waals surface area contributed by atoms with Crippen LogP contribution in [0.2, 0.25) is 0 Å². The average Bonchev–Trinajstić information content (AvgIpc) is 2.53. The first-order chi connectivity index (χ1) is 10.2. The van der Waals surface area contributed by atoms with Crippen molar-refractivity contribution in [2.45, 2.75) is 50.3 Å². The van der Waals surface area contributed by atoms with E-state index in [9.17, 15) is 9.90 Å². The number of rotatable bonds is 3. The van der Waals surface area contributed by atoms with Crippen molar-refractivity contribution in [2.24, 2.45) is 0 Å². The van der Waals surface area contributed by atoms with E-state index in [2.05, 4.69) is 11.0 Å². The Bertz CT molecular complexity index is 509. The summed E-state index contributed by atoms with van der Waals surface area (Å²) in [6.07, 6.45) is 5.43. The van der Waals surface area contributed by atoms with Gasteiger partial charge in [0.15, 0.2) is 0 Å². The standard InChI is InChI=1S/C17H23NO3/c1-21-14-8-6-13(7-9-14)18-11-10-12-4-2-3-5-15(12)16(18)17(19)20/h2-5,13-14,16H,6-11H2,1H3,(H,19,20). The van der Waals surface area contributed by atoms with E-state index in [1.54, 1.807) is 7.11 Å². The molecule has 0 saturated heterocycles. The summed E-state index contributed by atoms with van der Waals surface area (Å²) in [5.41, 5.74) is 2.16. The van der Waals surface area contributed by atoms with Crippen LogP contribution in [0.15, 0.2) is 24.3 Å². The van der Waals surface area contributed by atoms with Gasteiger partial charge in [-0.3, -0.25) is 9.69 Å². The molecule has 1 aromatic carbocycles. The number of carboxylic acid groups (broad SMARTS) is 1. The number of carbonyl (C=O) groups is 1. The van der Waals surface area contributed by atoms with Gasteiger partial charge in [0, 0.05) is 19.7 Å². The van der Waals surface area contributed by atoms with E-state index in [-0.39, 0.29) is 0 Å². The molecule has 3 rings (SSSR count). The lowest BCUT2D eigenvalue weighted by molar-refractivity contribution is -0.145. The molecular formula is C17H23NO3. The monoisotopic (exact) mass is 289 g/mol. The van der Waals surface area contributed by atoms with Gasteiger partial charge in [-0.05, 0) is 43.2 Å². The normalized spacial score (nSPS) is 29.9. The minimum Gasteiger partial charge on any atom is -0.480 e.